The molecule has 0 bridgehead atoms. The van der Waals surface area contributed by atoms with Crippen LogP contribution < -0.4 is 5.46 Å². The first-order chi connectivity index (χ1) is 13.0. The Morgan fingerprint density at radius 3 is 2.18 bits per heavy atom. The molecular formula is C21H33BN2O3Si. The van der Waals surface area contributed by atoms with Crippen molar-refractivity contribution in [2.75, 3.05) is 6.61 Å². The molecule has 0 N–H and O–H groups in total. The quantitative estimate of drug-likeness (QED) is 0.517. The zero-order valence-corrected chi connectivity index (χ0v) is 19.3. The van der Waals surface area contributed by atoms with Crippen LogP contribution in [0, 0.1) is 0 Å². The van der Waals surface area contributed by atoms with Crippen LogP contribution in [0.5, 0.6) is 0 Å². The van der Waals surface area contributed by atoms with Gasteiger partial charge in [0.1, 0.15) is 6.73 Å². The molecule has 1 aromatic heterocycles. The molecule has 1 fully saturated rings. The Bertz CT molecular complexity index is 781. The molecule has 28 heavy (non-hydrogen) atoms. The minimum Gasteiger partial charge on any atom is -0.399 e. The minimum absolute atomic E-state index is 0.326. The standard InChI is InChI=1S/C21H33BN2O3Si/c1-20(2)21(3,4)27-22(26-20)19-10-8-17(9-11-19)18-14-23-24(15-18)16-25-12-13-28(5,6)7/h8-11,14-15H,12-13,16H2,1-7H3. The van der Waals surface area contributed by atoms with Gasteiger partial charge < -0.3 is 14.0 Å². The Balaban J connectivity index is 1.60. The number of hydrogen-bond acceptors (Lipinski definition) is 4. The van der Waals surface area contributed by atoms with E-state index in [2.05, 4.69) is 76.7 Å². The highest BCUT2D eigenvalue weighted by atomic mass is 28.3. The van der Waals surface area contributed by atoms with Crippen LogP contribution in [0.4, 0.5) is 0 Å². The fraction of sp³-hybridized carbons (Fsp3) is 0.571. The molecule has 0 saturated carbocycles. The van der Waals surface area contributed by atoms with E-state index in [1.165, 1.54) is 6.04 Å². The third-order valence-corrected chi connectivity index (χ3v) is 7.33. The summed E-state index contributed by atoms with van der Waals surface area (Å²) in [6, 6.07) is 9.49. The molecule has 0 radical (unpaired) electrons. The van der Waals surface area contributed by atoms with Crippen LogP contribution in [-0.2, 0) is 20.8 Å². The van der Waals surface area contributed by atoms with E-state index in [1.807, 2.05) is 17.1 Å². The number of benzene rings is 1. The van der Waals surface area contributed by atoms with Crippen molar-refractivity contribution in [1.29, 1.82) is 0 Å². The van der Waals surface area contributed by atoms with Gasteiger partial charge in [0.2, 0.25) is 0 Å². The van der Waals surface area contributed by atoms with Crippen molar-refractivity contribution in [3.8, 4) is 11.1 Å². The highest BCUT2D eigenvalue weighted by Gasteiger charge is 2.51. The van der Waals surface area contributed by atoms with Crippen molar-refractivity contribution < 1.29 is 14.0 Å². The summed E-state index contributed by atoms with van der Waals surface area (Å²) >= 11 is 0. The molecular weight excluding hydrogens is 367 g/mol. The number of hydrogen-bond donors (Lipinski definition) is 0. The maximum absolute atomic E-state index is 6.13. The van der Waals surface area contributed by atoms with Gasteiger partial charge in [-0.15, -0.1) is 0 Å². The third-order valence-electron chi connectivity index (χ3n) is 5.62. The predicted molar refractivity (Wildman–Crippen MR) is 117 cm³/mol. The molecule has 3 rings (SSSR count). The Hall–Kier alpha value is -1.41. The van der Waals surface area contributed by atoms with Gasteiger partial charge in [0.25, 0.3) is 0 Å². The summed E-state index contributed by atoms with van der Waals surface area (Å²) in [7, 11) is -1.38. The largest absolute Gasteiger partial charge is 0.494 e. The van der Waals surface area contributed by atoms with E-state index in [0.717, 1.165) is 23.2 Å². The van der Waals surface area contributed by atoms with Crippen molar-refractivity contribution in [1.82, 2.24) is 9.78 Å². The minimum atomic E-state index is -1.05. The average molecular weight is 400 g/mol. The first-order valence-electron chi connectivity index (χ1n) is 10.0. The summed E-state index contributed by atoms with van der Waals surface area (Å²) in [6.07, 6.45) is 3.91. The van der Waals surface area contributed by atoms with Gasteiger partial charge in [-0.25, -0.2) is 4.68 Å². The summed E-state index contributed by atoms with van der Waals surface area (Å²) in [5, 5.41) is 4.42. The Kier molecular flexibility index (Phi) is 5.92. The van der Waals surface area contributed by atoms with E-state index in [9.17, 15) is 0 Å². The molecule has 0 unspecified atom stereocenters. The number of nitrogens with zero attached hydrogens (tertiary/aromatic N) is 2. The van der Waals surface area contributed by atoms with E-state index in [0.29, 0.717) is 6.73 Å². The second-order valence-electron chi connectivity index (χ2n) is 9.83. The lowest BCUT2D eigenvalue weighted by Crippen LogP contribution is -2.41. The lowest BCUT2D eigenvalue weighted by molar-refractivity contribution is 0.00578. The molecule has 7 heteroatoms. The van der Waals surface area contributed by atoms with E-state index in [-0.39, 0.29) is 18.3 Å². The predicted octanol–water partition coefficient (Wildman–Crippen LogP) is 4.16. The fourth-order valence-corrected chi connectivity index (χ4v) is 3.69. The third kappa shape index (κ3) is 4.95. The van der Waals surface area contributed by atoms with Crippen molar-refractivity contribution >= 4 is 20.7 Å². The van der Waals surface area contributed by atoms with Gasteiger partial charge in [-0.05, 0) is 44.8 Å². The van der Waals surface area contributed by atoms with Crippen LogP contribution in [0.15, 0.2) is 36.7 Å². The highest BCUT2D eigenvalue weighted by molar-refractivity contribution is 6.76. The normalized spacial score (nSPS) is 18.6. The molecule has 1 aromatic carbocycles. The Labute approximate surface area is 170 Å². The second-order valence-corrected chi connectivity index (χ2v) is 15.4. The molecule has 2 heterocycles. The van der Waals surface area contributed by atoms with Gasteiger partial charge in [-0.1, -0.05) is 43.9 Å². The van der Waals surface area contributed by atoms with E-state index in [4.69, 9.17) is 14.0 Å². The lowest BCUT2D eigenvalue weighted by Gasteiger charge is -2.32. The molecule has 1 aliphatic rings. The van der Waals surface area contributed by atoms with Crippen molar-refractivity contribution in [2.45, 2.75) is 71.3 Å². The molecule has 0 amide bonds. The van der Waals surface area contributed by atoms with Gasteiger partial charge in [-0.2, -0.15) is 5.10 Å². The number of rotatable bonds is 7. The van der Waals surface area contributed by atoms with Gasteiger partial charge >= 0.3 is 7.12 Å². The summed E-state index contributed by atoms with van der Waals surface area (Å²) in [5.41, 5.74) is 2.58. The average Bonchev–Trinajstić information content (AvgIpc) is 3.13. The Morgan fingerprint density at radius 1 is 1.00 bits per heavy atom. The van der Waals surface area contributed by atoms with Gasteiger partial charge in [0.05, 0.1) is 17.4 Å². The second kappa shape index (κ2) is 7.78. The zero-order chi connectivity index (χ0) is 20.6. The molecule has 152 valence electrons. The summed E-state index contributed by atoms with van der Waals surface area (Å²) in [6.45, 7) is 16.7. The number of ether oxygens (including phenoxy) is 1. The maximum Gasteiger partial charge on any atom is 0.494 e. The topological polar surface area (TPSA) is 45.5 Å². The smallest absolute Gasteiger partial charge is 0.399 e. The van der Waals surface area contributed by atoms with Gasteiger partial charge in [0, 0.05) is 26.4 Å². The zero-order valence-electron chi connectivity index (χ0n) is 18.3. The molecule has 1 aliphatic heterocycles. The van der Waals surface area contributed by atoms with Crippen molar-refractivity contribution in [2.24, 2.45) is 0 Å². The highest BCUT2D eigenvalue weighted by Crippen LogP contribution is 2.36. The van der Waals surface area contributed by atoms with E-state index >= 15 is 0 Å². The van der Waals surface area contributed by atoms with Crippen LogP contribution >= 0.6 is 0 Å². The van der Waals surface area contributed by atoms with Crippen LogP contribution in [0.1, 0.15) is 27.7 Å². The summed E-state index contributed by atoms with van der Waals surface area (Å²) < 4.78 is 19.9. The van der Waals surface area contributed by atoms with Crippen LogP contribution in [0.3, 0.4) is 0 Å². The Morgan fingerprint density at radius 2 is 1.61 bits per heavy atom. The van der Waals surface area contributed by atoms with E-state index < -0.39 is 8.07 Å². The summed E-state index contributed by atoms with van der Waals surface area (Å²) in [5.74, 6) is 0. The van der Waals surface area contributed by atoms with Crippen LogP contribution in [0.25, 0.3) is 11.1 Å². The molecule has 5 nitrogen and oxygen atoms in total. The SMILES string of the molecule is CC1(C)OB(c2ccc(-c3cnn(COCC[Si](C)(C)C)c3)cc2)OC1(C)C. The first-order valence-corrected chi connectivity index (χ1v) is 13.7. The molecule has 0 spiro atoms. The van der Waals surface area contributed by atoms with Crippen LogP contribution in [0.2, 0.25) is 25.7 Å². The van der Waals surface area contributed by atoms with Crippen molar-refractivity contribution in [3.05, 3.63) is 36.7 Å². The maximum atomic E-state index is 6.13. The van der Waals surface area contributed by atoms with Gasteiger partial charge in [-0.3, -0.25) is 0 Å². The number of aromatic nitrogens is 2. The van der Waals surface area contributed by atoms with E-state index in [1.54, 1.807) is 0 Å². The van der Waals surface area contributed by atoms with Crippen molar-refractivity contribution in [3.63, 3.8) is 0 Å². The monoisotopic (exact) mass is 400 g/mol. The van der Waals surface area contributed by atoms with Crippen LogP contribution in [-0.4, -0.2) is 42.8 Å². The molecule has 1 saturated heterocycles. The molecule has 2 aromatic rings. The lowest BCUT2D eigenvalue weighted by atomic mass is 9.78. The first kappa shape index (κ1) is 21.3. The van der Waals surface area contributed by atoms with Gasteiger partial charge in [0.15, 0.2) is 0 Å². The molecule has 0 atom stereocenters. The molecule has 0 aliphatic carbocycles. The summed E-state index contributed by atoms with van der Waals surface area (Å²) in [4.78, 5) is 0. The fourth-order valence-electron chi connectivity index (χ4n) is 2.93.